The maximum Gasteiger partial charge on any atom is 0.334 e. The SMILES string of the molecule is C[C@H]1CCCC[C@@H]1N1C(=O)C(=O)N(CC(N)=O)C1=O. The first-order valence-corrected chi connectivity index (χ1v) is 6.40. The van der Waals surface area contributed by atoms with Crippen LogP contribution in [0.2, 0.25) is 0 Å². The number of urea groups is 1. The van der Waals surface area contributed by atoms with E-state index in [1.807, 2.05) is 6.92 Å². The fourth-order valence-corrected chi connectivity index (χ4v) is 2.79. The zero-order valence-corrected chi connectivity index (χ0v) is 10.8. The van der Waals surface area contributed by atoms with Gasteiger partial charge in [0.1, 0.15) is 6.54 Å². The summed E-state index contributed by atoms with van der Waals surface area (Å²) >= 11 is 0. The molecule has 1 aliphatic heterocycles. The number of nitrogens with zero attached hydrogens (tertiary/aromatic N) is 2. The third-order valence-electron chi connectivity index (χ3n) is 3.80. The summed E-state index contributed by atoms with van der Waals surface area (Å²) in [5.74, 6) is -2.44. The van der Waals surface area contributed by atoms with Crippen molar-refractivity contribution in [1.82, 2.24) is 9.80 Å². The molecule has 0 bridgehead atoms. The normalized spacial score (nSPS) is 28.2. The second kappa shape index (κ2) is 4.99. The van der Waals surface area contributed by atoms with E-state index >= 15 is 0 Å². The Labute approximate surface area is 110 Å². The minimum Gasteiger partial charge on any atom is -0.368 e. The summed E-state index contributed by atoms with van der Waals surface area (Å²) in [5.41, 5.74) is 4.98. The highest BCUT2D eigenvalue weighted by molar-refractivity contribution is 6.45. The van der Waals surface area contributed by atoms with Crippen molar-refractivity contribution in [2.75, 3.05) is 6.54 Å². The van der Waals surface area contributed by atoms with Gasteiger partial charge >= 0.3 is 17.8 Å². The largest absolute Gasteiger partial charge is 0.368 e. The molecule has 1 saturated carbocycles. The fraction of sp³-hybridized carbons (Fsp3) is 0.667. The molecule has 0 unspecified atom stereocenters. The number of nitrogens with two attached hydrogens (primary N) is 1. The van der Waals surface area contributed by atoms with Crippen LogP contribution in [0.15, 0.2) is 0 Å². The van der Waals surface area contributed by atoms with Gasteiger partial charge in [-0.15, -0.1) is 0 Å². The van der Waals surface area contributed by atoms with Gasteiger partial charge in [-0.2, -0.15) is 0 Å². The summed E-state index contributed by atoms with van der Waals surface area (Å²) in [6.45, 7) is 1.42. The highest BCUT2D eigenvalue weighted by atomic mass is 16.2. The molecule has 1 aliphatic carbocycles. The number of carbonyl (C=O) groups excluding carboxylic acids is 4. The molecule has 2 atom stereocenters. The van der Waals surface area contributed by atoms with Crippen LogP contribution in [0.4, 0.5) is 4.79 Å². The van der Waals surface area contributed by atoms with Crippen LogP contribution < -0.4 is 5.73 Å². The molecule has 0 spiro atoms. The Kier molecular flexibility index (Phi) is 3.55. The van der Waals surface area contributed by atoms with Gasteiger partial charge in [-0.05, 0) is 18.8 Å². The quantitative estimate of drug-likeness (QED) is 0.567. The van der Waals surface area contributed by atoms with Crippen molar-refractivity contribution in [3.05, 3.63) is 0 Å². The smallest absolute Gasteiger partial charge is 0.334 e. The lowest BCUT2D eigenvalue weighted by Crippen LogP contribution is -2.46. The van der Waals surface area contributed by atoms with Gasteiger partial charge in [0.2, 0.25) is 5.91 Å². The second-order valence-corrected chi connectivity index (χ2v) is 5.14. The monoisotopic (exact) mass is 267 g/mol. The maximum absolute atomic E-state index is 12.1. The highest BCUT2D eigenvalue weighted by Crippen LogP contribution is 2.31. The van der Waals surface area contributed by atoms with E-state index in [0.717, 1.165) is 24.2 Å². The molecule has 2 rings (SSSR count). The number of carbonyl (C=O) groups is 4. The van der Waals surface area contributed by atoms with Crippen LogP contribution >= 0.6 is 0 Å². The Morgan fingerprint density at radius 2 is 1.84 bits per heavy atom. The van der Waals surface area contributed by atoms with E-state index in [4.69, 9.17) is 5.73 Å². The first-order valence-electron chi connectivity index (χ1n) is 6.40. The maximum atomic E-state index is 12.1. The standard InChI is InChI=1S/C12H17N3O4/c1-7-4-2-3-5-8(7)15-11(18)10(17)14(12(15)19)6-9(13)16/h7-8H,2-6H2,1H3,(H2,13,16)/t7-,8-/m0/s1. The molecule has 7 heteroatoms. The van der Waals surface area contributed by atoms with E-state index < -0.39 is 30.3 Å². The zero-order chi connectivity index (χ0) is 14.2. The molecular weight excluding hydrogens is 250 g/mol. The predicted octanol–water partition coefficient (Wildman–Crippen LogP) is -0.159. The molecular formula is C12H17N3O4. The Morgan fingerprint density at radius 3 is 2.42 bits per heavy atom. The fourth-order valence-electron chi connectivity index (χ4n) is 2.79. The molecule has 0 radical (unpaired) electrons. The van der Waals surface area contributed by atoms with Gasteiger partial charge in [-0.25, -0.2) is 9.69 Å². The van der Waals surface area contributed by atoms with E-state index in [-0.39, 0.29) is 12.0 Å². The number of rotatable bonds is 3. The summed E-state index contributed by atoms with van der Waals surface area (Å²) in [6.07, 6.45) is 3.62. The van der Waals surface area contributed by atoms with E-state index in [0.29, 0.717) is 11.3 Å². The van der Waals surface area contributed by atoms with Crippen molar-refractivity contribution in [2.24, 2.45) is 11.7 Å². The minimum atomic E-state index is -0.957. The number of hydrogen-bond acceptors (Lipinski definition) is 4. The molecule has 19 heavy (non-hydrogen) atoms. The van der Waals surface area contributed by atoms with E-state index in [2.05, 4.69) is 0 Å². The Balaban J connectivity index is 2.21. The molecule has 0 aromatic rings. The number of hydrogen-bond donors (Lipinski definition) is 1. The minimum absolute atomic E-state index is 0.169. The molecule has 0 aromatic heterocycles. The van der Waals surface area contributed by atoms with E-state index in [1.54, 1.807) is 0 Å². The van der Waals surface area contributed by atoms with Gasteiger partial charge in [0.25, 0.3) is 0 Å². The Bertz CT molecular complexity index is 448. The second-order valence-electron chi connectivity index (χ2n) is 5.14. The lowest BCUT2D eigenvalue weighted by atomic mass is 9.85. The van der Waals surface area contributed by atoms with Crippen LogP contribution in [0.5, 0.6) is 0 Å². The van der Waals surface area contributed by atoms with Gasteiger partial charge in [0.05, 0.1) is 0 Å². The van der Waals surface area contributed by atoms with Crippen molar-refractivity contribution < 1.29 is 19.2 Å². The van der Waals surface area contributed by atoms with Crippen molar-refractivity contribution in [3.63, 3.8) is 0 Å². The first-order chi connectivity index (χ1) is 8.93. The topological polar surface area (TPSA) is 101 Å². The molecule has 7 nitrogen and oxygen atoms in total. The average molecular weight is 267 g/mol. The van der Waals surface area contributed by atoms with Crippen LogP contribution in [-0.4, -0.2) is 46.1 Å². The van der Waals surface area contributed by atoms with Gasteiger partial charge < -0.3 is 5.73 Å². The molecule has 1 saturated heterocycles. The van der Waals surface area contributed by atoms with Crippen LogP contribution in [0.3, 0.4) is 0 Å². The van der Waals surface area contributed by atoms with Crippen LogP contribution in [-0.2, 0) is 14.4 Å². The molecule has 0 aromatic carbocycles. The summed E-state index contributed by atoms with van der Waals surface area (Å²) in [7, 11) is 0. The third-order valence-corrected chi connectivity index (χ3v) is 3.80. The van der Waals surface area contributed by atoms with Gasteiger partial charge in [-0.1, -0.05) is 19.8 Å². The Hall–Kier alpha value is -1.92. The predicted molar refractivity (Wildman–Crippen MR) is 64.6 cm³/mol. The van der Waals surface area contributed by atoms with Crippen molar-refractivity contribution >= 4 is 23.8 Å². The van der Waals surface area contributed by atoms with E-state index in [1.165, 1.54) is 0 Å². The van der Waals surface area contributed by atoms with Gasteiger partial charge in [0, 0.05) is 6.04 Å². The van der Waals surface area contributed by atoms with Crippen molar-refractivity contribution in [3.8, 4) is 0 Å². The van der Waals surface area contributed by atoms with Gasteiger partial charge in [0.15, 0.2) is 0 Å². The molecule has 2 fully saturated rings. The summed E-state index contributed by atoms with van der Waals surface area (Å²) in [4.78, 5) is 48.2. The molecule has 2 aliphatic rings. The lowest BCUT2D eigenvalue weighted by molar-refractivity contribution is -0.145. The van der Waals surface area contributed by atoms with Crippen molar-refractivity contribution in [1.29, 1.82) is 0 Å². The van der Waals surface area contributed by atoms with Crippen LogP contribution in [0.1, 0.15) is 32.6 Å². The highest BCUT2D eigenvalue weighted by Gasteiger charge is 2.49. The molecule has 2 N–H and O–H groups in total. The number of primary amides is 1. The molecule has 104 valence electrons. The zero-order valence-electron chi connectivity index (χ0n) is 10.8. The third kappa shape index (κ3) is 2.32. The van der Waals surface area contributed by atoms with Gasteiger partial charge in [-0.3, -0.25) is 19.3 Å². The van der Waals surface area contributed by atoms with Crippen molar-refractivity contribution in [2.45, 2.75) is 38.6 Å². The lowest BCUT2D eigenvalue weighted by Gasteiger charge is -2.33. The van der Waals surface area contributed by atoms with Crippen LogP contribution in [0.25, 0.3) is 0 Å². The molecule has 5 amide bonds. The first kappa shape index (κ1) is 13.5. The summed E-state index contributed by atoms with van der Waals surface area (Å²) in [5, 5.41) is 0. The summed E-state index contributed by atoms with van der Waals surface area (Å²) in [6, 6.07) is -0.969. The number of imide groups is 2. The Morgan fingerprint density at radius 1 is 1.21 bits per heavy atom. The van der Waals surface area contributed by atoms with E-state index in [9.17, 15) is 19.2 Å². The summed E-state index contributed by atoms with van der Waals surface area (Å²) < 4.78 is 0. The molecule has 1 heterocycles. The van der Waals surface area contributed by atoms with Crippen LogP contribution in [0, 0.1) is 5.92 Å². The number of amides is 5. The average Bonchev–Trinajstić information content (AvgIpc) is 2.55.